The SMILES string of the molecule is CC[C@H](NC(=O)C(C)Oc1ccccc1C#N)C(=O)O. The number of benzene rings is 1. The number of nitrogens with zero attached hydrogens (tertiary/aromatic N) is 1. The normalized spacial score (nSPS) is 12.8. The molecule has 20 heavy (non-hydrogen) atoms. The average Bonchev–Trinajstić information content (AvgIpc) is 2.44. The zero-order chi connectivity index (χ0) is 15.1. The first-order chi connectivity index (χ1) is 9.49. The molecule has 1 aromatic carbocycles. The lowest BCUT2D eigenvalue weighted by atomic mass is 10.2. The van der Waals surface area contributed by atoms with Crippen LogP contribution in [0.4, 0.5) is 0 Å². The Morgan fingerprint density at radius 2 is 2.10 bits per heavy atom. The summed E-state index contributed by atoms with van der Waals surface area (Å²) in [5.74, 6) is -1.33. The second-order valence-electron chi connectivity index (χ2n) is 4.18. The summed E-state index contributed by atoms with van der Waals surface area (Å²) < 4.78 is 5.40. The van der Waals surface area contributed by atoms with Crippen LogP contribution in [-0.4, -0.2) is 29.1 Å². The van der Waals surface area contributed by atoms with Gasteiger partial charge in [0.1, 0.15) is 17.9 Å². The molecule has 0 fully saturated rings. The molecule has 0 heterocycles. The van der Waals surface area contributed by atoms with Crippen LogP contribution < -0.4 is 10.1 Å². The van der Waals surface area contributed by atoms with E-state index in [0.29, 0.717) is 11.3 Å². The Kier molecular flexibility index (Phi) is 5.54. The van der Waals surface area contributed by atoms with Gasteiger partial charge in [0.25, 0.3) is 5.91 Å². The lowest BCUT2D eigenvalue weighted by Crippen LogP contribution is -2.45. The molecular formula is C14H16N2O4. The smallest absolute Gasteiger partial charge is 0.326 e. The van der Waals surface area contributed by atoms with E-state index in [4.69, 9.17) is 15.1 Å². The minimum atomic E-state index is -1.09. The molecule has 0 saturated carbocycles. The highest BCUT2D eigenvalue weighted by Gasteiger charge is 2.22. The third-order valence-electron chi connectivity index (χ3n) is 2.70. The van der Waals surface area contributed by atoms with Crippen LogP contribution in [0, 0.1) is 11.3 Å². The Labute approximate surface area is 117 Å². The number of para-hydroxylation sites is 1. The molecule has 6 heteroatoms. The number of rotatable bonds is 6. The van der Waals surface area contributed by atoms with Crippen LogP contribution in [0.5, 0.6) is 5.75 Å². The fraction of sp³-hybridized carbons (Fsp3) is 0.357. The summed E-state index contributed by atoms with van der Waals surface area (Å²) in [6.07, 6.45) is -0.611. The van der Waals surface area contributed by atoms with E-state index in [0.717, 1.165) is 0 Å². The Balaban J connectivity index is 2.71. The molecule has 1 aromatic rings. The van der Waals surface area contributed by atoms with Gasteiger partial charge in [0.05, 0.1) is 5.56 Å². The zero-order valence-corrected chi connectivity index (χ0v) is 11.3. The first-order valence-corrected chi connectivity index (χ1v) is 6.18. The van der Waals surface area contributed by atoms with E-state index in [9.17, 15) is 9.59 Å². The summed E-state index contributed by atoms with van der Waals surface area (Å²) in [6.45, 7) is 3.16. The van der Waals surface area contributed by atoms with E-state index in [1.165, 1.54) is 6.92 Å². The predicted octanol–water partition coefficient (Wildman–Crippen LogP) is 1.30. The topological polar surface area (TPSA) is 99.4 Å². The fourth-order valence-corrected chi connectivity index (χ4v) is 1.53. The van der Waals surface area contributed by atoms with Crippen molar-refractivity contribution < 1.29 is 19.4 Å². The minimum Gasteiger partial charge on any atom is -0.480 e. The van der Waals surface area contributed by atoms with Crippen molar-refractivity contribution in [3.05, 3.63) is 29.8 Å². The fourth-order valence-electron chi connectivity index (χ4n) is 1.53. The van der Waals surface area contributed by atoms with E-state index in [1.54, 1.807) is 31.2 Å². The van der Waals surface area contributed by atoms with Crippen molar-refractivity contribution in [3.8, 4) is 11.8 Å². The van der Waals surface area contributed by atoms with Crippen LogP contribution in [0.3, 0.4) is 0 Å². The van der Waals surface area contributed by atoms with Gasteiger partial charge in [-0.15, -0.1) is 0 Å². The molecule has 0 aliphatic heterocycles. The molecule has 6 nitrogen and oxygen atoms in total. The first kappa shape index (κ1) is 15.5. The number of amides is 1. The highest BCUT2D eigenvalue weighted by atomic mass is 16.5. The van der Waals surface area contributed by atoms with Crippen molar-refractivity contribution in [2.75, 3.05) is 0 Å². The average molecular weight is 276 g/mol. The number of carboxylic acids is 1. The highest BCUT2D eigenvalue weighted by Crippen LogP contribution is 2.18. The van der Waals surface area contributed by atoms with Gasteiger partial charge in [-0.2, -0.15) is 5.26 Å². The molecule has 2 atom stereocenters. The molecule has 1 amide bonds. The van der Waals surface area contributed by atoms with Gasteiger partial charge in [0, 0.05) is 0 Å². The number of nitriles is 1. The Morgan fingerprint density at radius 1 is 1.45 bits per heavy atom. The summed E-state index contributed by atoms with van der Waals surface area (Å²) in [7, 11) is 0. The monoisotopic (exact) mass is 276 g/mol. The molecular weight excluding hydrogens is 260 g/mol. The molecule has 0 aliphatic carbocycles. The van der Waals surface area contributed by atoms with Gasteiger partial charge in [0.15, 0.2) is 6.10 Å². The molecule has 1 unspecified atom stereocenters. The molecule has 0 aliphatic rings. The summed E-state index contributed by atoms with van der Waals surface area (Å²) in [5.41, 5.74) is 0.317. The molecule has 0 spiro atoms. The predicted molar refractivity (Wildman–Crippen MR) is 71.1 cm³/mol. The van der Waals surface area contributed by atoms with Crippen LogP contribution in [0.2, 0.25) is 0 Å². The second kappa shape index (κ2) is 7.14. The van der Waals surface area contributed by atoms with Gasteiger partial charge in [0.2, 0.25) is 0 Å². The summed E-state index contributed by atoms with van der Waals surface area (Å²) >= 11 is 0. The van der Waals surface area contributed by atoms with Crippen LogP contribution in [0.25, 0.3) is 0 Å². The maximum atomic E-state index is 11.8. The van der Waals surface area contributed by atoms with Gasteiger partial charge in [-0.1, -0.05) is 19.1 Å². The molecule has 2 N–H and O–H groups in total. The van der Waals surface area contributed by atoms with Crippen molar-refractivity contribution >= 4 is 11.9 Å². The number of carboxylic acid groups (broad SMARTS) is 1. The van der Waals surface area contributed by atoms with Gasteiger partial charge < -0.3 is 15.2 Å². The van der Waals surface area contributed by atoms with Crippen molar-refractivity contribution in [2.24, 2.45) is 0 Å². The van der Waals surface area contributed by atoms with Crippen molar-refractivity contribution in [3.63, 3.8) is 0 Å². The third kappa shape index (κ3) is 3.99. The number of hydrogen-bond acceptors (Lipinski definition) is 4. The molecule has 0 aromatic heterocycles. The number of ether oxygens (including phenoxy) is 1. The highest BCUT2D eigenvalue weighted by molar-refractivity contribution is 5.86. The first-order valence-electron chi connectivity index (χ1n) is 6.18. The van der Waals surface area contributed by atoms with Crippen LogP contribution in [-0.2, 0) is 9.59 Å². The maximum Gasteiger partial charge on any atom is 0.326 e. The van der Waals surface area contributed by atoms with Crippen LogP contribution >= 0.6 is 0 Å². The number of nitrogens with one attached hydrogen (secondary N) is 1. The van der Waals surface area contributed by atoms with Crippen molar-refractivity contribution in [1.29, 1.82) is 5.26 Å². The van der Waals surface area contributed by atoms with Gasteiger partial charge in [-0.25, -0.2) is 4.79 Å². The molecule has 0 saturated heterocycles. The minimum absolute atomic E-state index is 0.280. The Hall–Kier alpha value is -2.55. The molecule has 0 radical (unpaired) electrons. The quantitative estimate of drug-likeness (QED) is 0.816. The van der Waals surface area contributed by atoms with Crippen LogP contribution in [0.1, 0.15) is 25.8 Å². The lowest BCUT2D eigenvalue weighted by Gasteiger charge is -2.18. The maximum absolute atomic E-state index is 11.8. The summed E-state index contributed by atoms with van der Waals surface area (Å²) in [4.78, 5) is 22.7. The van der Waals surface area contributed by atoms with Gasteiger partial charge >= 0.3 is 5.97 Å². The summed E-state index contributed by atoms with van der Waals surface area (Å²) in [5, 5.41) is 20.2. The number of hydrogen-bond donors (Lipinski definition) is 2. The van der Waals surface area contributed by atoms with E-state index in [1.807, 2.05) is 6.07 Å². The van der Waals surface area contributed by atoms with Gasteiger partial charge in [-0.3, -0.25) is 4.79 Å². The number of carbonyl (C=O) groups is 2. The second-order valence-corrected chi connectivity index (χ2v) is 4.18. The third-order valence-corrected chi connectivity index (χ3v) is 2.70. The Morgan fingerprint density at radius 3 is 2.65 bits per heavy atom. The standard InChI is InChI=1S/C14H16N2O4/c1-3-11(14(18)19)16-13(17)9(2)20-12-7-5-4-6-10(12)8-15/h4-7,9,11H,3H2,1-2H3,(H,16,17)(H,18,19)/t9?,11-/m0/s1. The zero-order valence-electron chi connectivity index (χ0n) is 11.3. The number of aliphatic carboxylic acids is 1. The van der Waals surface area contributed by atoms with Gasteiger partial charge in [-0.05, 0) is 25.5 Å². The van der Waals surface area contributed by atoms with E-state index >= 15 is 0 Å². The van der Waals surface area contributed by atoms with Crippen molar-refractivity contribution in [2.45, 2.75) is 32.4 Å². The molecule has 106 valence electrons. The van der Waals surface area contributed by atoms with Crippen molar-refractivity contribution in [1.82, 2.24) is 5.32 Å². The number of carbonyl (C=O) groups excluding carboxylic acids is 1. The van der Waals surface area contributed by atoms with E-state index in [-0.39, 0.29) is 6.42 Å². The van der Waals surface area contributed by atoms with E-state index < -0.39 is 24.0 Å². The van der Waals surface area contributed by atoms with E-state index in [2.05, 4.69) is 5.32 Å². The largest absolute Gasteiger partial charge is 0.480 e. The Bertz CT molecular complexity index is 536. The van der Waals surface area contributed by atoms with Crippen LogP contribution in [0.15, 0.2) is 24.3 Å². The lowest BCUT2D eigenvalue weighted by molar-refractivity contribution is -0.143. The molecule has 1 rings (SSSR count). The summed E-state index contributed by atoms with van der Waals surface area (Å²) in [6, 6.07) is 7.55. The molecule has 0 bridgehead atoms.